The minimum absolute atomic E-state index is 0.0605. The Kier molecular flexibility index (Phi) is 2.28. The van der Waals surface area contributed by atoms with Crippen LogP contribution in [0.4, 0.5) is 0 Å². The van der Waals surface area contributed by atoms with E-state index in [1.165, 1.54) is 0 Å². The van der Waals surface area contributed by atoms with Crippen LogP contribution in [0, 0.1) is 5.41 Å². The lowest BCUT2D eigenvalue weighted by Crippen LogP contribution is -2.38. The molecule has 1 heterocycles. The van der Waals surface area contributed by atoms with Crippen LogP contribution in [0.5, 0.6) is 0 Å². The van der Waals surface area contributed by atoms with Crippen molar-refractivity contribution in [2.24, 2.45) is 5.41 Å². The molecule has 1 aliphatic carbocycles. The molecule has 0 bridgehead atoms. The van der Waals surface area contributed by atoms with E-state index in [0.29, 0.717) is 6.61 Å². The summed E-state index contributed by atoms with van der Waals surface area (Å²) < 4.78 is 10.6. The lowest BCUT2D eigenvalue weighted by molar-refractivity contribution is -0.163. The van der Waals surface area contributed by atoms with Gasteiger partial charge in [0.15, 0.2) is 0 Å². The van der Waals surface area contributed by atoms with Crippen molar-refractivity contribution in [3.63, 3.8) is 0 Å². The summed E-state index contributed by atoms with van der Waals surface area (Å²) in [6.07, 6.45) is 4.17. The molecule has 3 heteroatoms. The Labute approximate surface area is 78.4 Å². The summed E-state index contributed by atoms with van der Waals surface area (Å²) in [5.74, 6) is -0.0605. The Bertz CT molecular complexity index is 202. The summed E-state index contributed by atoms with van der Waals surface area (Å²) in [6, 6.07) is 0. The van der Waals surface area contributed by atoms with Crippen molar-refractivity contribution in [3.05, 3.63) is 0 Å². The summed E-state index contributed by atoms with van der Waals surface area (Å²) in [6.45, 7) is 3.25. The van der Waals surface area contributed by atoms with Crippen molar-refractivity contribution in [2.75, 3.05) is 13.2 Å². The van der Waals surface area contributed by atoms with Crippen LogP contribution < -0.4 is 0 Å². The van der Waals surface area contributed by atoms with Crippen LogP contribution in [-0.2, 0) is 14.3 Å². The summed E-state index contributed by atoms with van der Waals surface area (Å²) in [5, 5.41) is 0. The zero-order chi connectivity index (χ0) is 9.31. The van der Waals surface area contributed by atoms with Crippen molar-refractivity contribution in [1.29, 1.82) is 0 Å². The molecule has 13 heavy (non-hydrogen) atoms. The summed E-state index contributed by atoms with van der Waals surface area (Å²) in [7, 11) is 0. The number of carbonyl (C=O) groups is 1. The third kappa shape index (κ3) is 2.02. The SMILES string of the molecule is CC1(C(=O)OC2CC2)CCCOC1. The summed E-state index contributed by atoms with van der Waals surface area (Å²) in [5.41, 5.74) is -0.374. The van der Waals surface area contributed by atoms with E-state index in [2.05, 4.69) is 0 Å². The first-order chi connectivity index (χ1) is 6.21. The van der Waals surface area contributed by atoms with Crippen molar-refractivity contribution >= 4 is 5.97 Å². The second kappa shape index (κ2) is 3.29. The molecule has 2 rings (SSSR count). The van der Waals surface area contributed by atoms with Crippen LogP contribution in [0.3, 0.4) is 0 Å². The van der Waals surface area contributed by atoms with Gasteiger partial charge in [0.1, 0.15) is 6.10 Å². The first-order valence-corrected chi connectivity index (χ1v) is 4.99. The highest BCUT2D eigenvalue weighted by Crippen LogP contribution is 2.33. The molecule has 1 atom stereocenters. The lowest BCUT2D eigenvalue weighted by atomic mass is 9.85. The van der Waals surface area contributed by atoms with Gasteiger partial charge in [-0.3, -0.25) is 4.79 Å². The van der Waals surface area contributed by atoms with Crippen molar-refractivity contribution in [2.45, 2.75) is 38.7 Å². The maximum atomic E-state index is 11.7. The highest BCUT2D eigenvalue weighted by molar-refractivity contribution is 5.77. The molecule has 2 fully saturated rings. The molecule has 0 radical (unpaired) electrons. The molecule has 2 aliphatic rings. The van der Waals surface area contributed by atoms with Gasteiger partial charge in [-0.15, -0.1) is 0 Å². The van der Waals surface area contributed by atoms with Crippen LogP contribution in [0.2, 0.25) is 0 Å². The van der Waals surface area contributed by atoms with E-state index in [1.807, 2.05) is 6.92 Å². The maximum absolute atomic E-state index is 11.7. The van der Waals surface area contributed by atoms with Gasteiger partial charge >= 0.3 is 5.97 Å². The fourth-order valence-corrected chi connectivity index (χ4v) is 1.57. The second-order valence-corrected chi connectivity index (χ2v) is 4.32. The third-order valence-corrected chi connectivity index (χ3v) is 2.73. The molecule has 1 unspecified atom stereocenters. The Morgan fingerprint density at radius 1 is 1.54 bits per heavy atom. The molecule has 0 aromatic heterocycles. The molecule has 0 amide bonds. The van der Waals surface area contributed by atoms with Crippen LogP contribution in [0.25, 0.3) is 0 Å². The number of hydrogen-bond donors (Lipinski definition) is 0. The Morgan fingerprint density at radius 3 is 2.85 bits per heavy atom. The molecule has 74 valence electrons. The van der Waals surface area contributed by atoms with E-state index < -0.39 is 0 Å². The van der Waals surface area contributed by atoms with Gasteiger partial charge in [0, 0.05) is 6.61 Å². The fourth-order valence-electron chi connectivity index (χ4n) is 1.57. The quantitative estimate of drug-likeness (QED) is 0.610. The molecule has 3 nitrogen and oxygen atoms in total. The molecule has 0 N–H and O–H groups in total. The van der Waals surface area contributed by atoms with Gasteiger partial charge < -0.3 is 9.47 Å². The van der Waals surface area contributed by atoms with E-state index in [-0.39, 0.29) is 17.5 Å². The highest BCUT2D eigenvalue weighted by Gasteiger charge is 2.40. The van der Waals surface area contributed by atoms with Gasteiger partial charge in [-0.25, -0.2) is 0 Å². The van der Waals surface area contributed by atoms with E-state index in [9.17, 15) is 4.79 Å². The Morgan fingerprint density at radius 2 is 2.31 bits per heavy atom. The van der Waals surface area contributed by atoms with Gasteiger partial charge in [0.05, 0.1) is 12.0 Å². The molecule has 0 aromatic rings. The molecule has 1 saturated carbocycles. The van der Waals surface area contributed by atoms with Crippen LogP contribution in [0.15, 0.2) is 0 Å². The largest absolute Gasteiger partial charge is 0.462 e. The van der Waals surface area contributed by atoms with Gasteiger partial charge in [-0.05, 0) is 32.6 Å². The smallest absolute Gasteiger partial charge is 0.314 e. The van der Waals surface area contributed by atoms with E-state index in [1.54, 1.807) is 0 Å². The summed E-state index contributed by atoms with van der Waals surface area (Å²) in [4.78, 5) is 11.7. The number of esters is 1. The average Bonchev–Trinajstić information content (AvgIpc) is 2.89. The first kappa shape index (κ1) is 9.00. The lowest BCUT2D eigenvalue weighted by Gasteiger charge is -2.30. The topological polar surface area (TPSA) is 35.5 Å². The minimum Gasteiger partial charge on any atom is -0.462 e. The van der Waals surface area contributed by atoms with E-state index >= 15 is 0 Å². The number of hydrogen-bond acceptors (Lipinski definition) is 3. The zero-order valence-corrected chi connectivity index (χ0v) is 8.04. The third-order valence-electron chi connectivity index (χ3n) is 2.73. The van der Waals surface area contributed by atoms with Gasteiger partial charge in [-0.1, -0.05) is 0 Å². The number of rotatable bonds is 2. The molecular weight excluding hydrogens is 168 g/mol. The van der Waals surface area contributed by atoms with Crippen LogP contribution in [0.1, 0.15) is 32.6 Å². The number of ether oxygens (including phenoxy) is 2. The molecule has 0 spiro atoms. The monoisotopic (exact) mass is 184 g/mol. The van der Waals surface area contributed by atoms with Crippen LogP contribution in [-0.4, -0.2) is 25.3 Å². The number of carbonyl (C=O) groups excluding carboxylic acids is 1. The van der Waals surface area contributed by atoms with Gasteiger partial charge in [0.25, 0.3) is 0 Å². The van der Waals surface area contributed by atoms with Gasteiger partial charge in [-0.2, -0.15) is 0 Å². The van der Waals surface area contributed by atoms with Crippen molar-refractivity contribution in [1.82, 2.24) is 0 Å². The van der Waals surface area contributed by atoms with Crippen molar-refractivity contribution < 1.29 is 14.3 Å². The second-order valence-electron chi connectivity index (χ2n) is 4.32. The van der Waals surface area contributed by atoms with E-state index in [4.69, 9.17) is 9.47 Å². The standard InChI is InChI=1S/C10H16O3/c1-10(5-2-6-12-7-10)9(11)13-8-3-4-8/h8H,2-7H2,1H3. The minimum atomic E-state index is -0.374. The predicted octanol–water partition coefficient (Wildman–Crippen LogP) is 1.51. The Hall–Kier alpha value is -0.570. The summed E-state index contributed by atoms with van der Waals surface area (Å²) >= 11 is 0. The van der Waals surface area contributed by atoms with Crippen LogP contribution >= 0.6 is 0 Å². The Balaban J connectivity index is 1.90. The average molecular weight is 184 g/mol. The molecule has 1 saturated heterocycles. The van der Waals surface area contributed by atoms with Gasteiger partial charge in [0.2, 0.25) is 0 Å². The first-order valence-electron chi connectivity index (χ1n) is 4.99. The van der Waals surface area contributed by atoms with E-state index in [0.717, 1.165) is 32.3 Å². The van der Waals surface area contributed by atoms with Crippen molar-refractivity contribution in [3.8, 4) is 0 Å². The highest BCUT2D eigenvalue weighted by atomic mass is 16.6. The normalized spacial score (nSPS) is 34.2. The molecule has 0 aromatic carbocycles. The predicted molar refractivity (Wildman–Crippen MR) is 47.3 cm³/mol. The molecule has 1 aliphatic heterocycles. The fraction of sp³-hybridized carbons (Fsp3) is 0.900. The zero-order valence-electron chi connectivity index (χ0n) is 8.04. The maximum Gasteiger partial charge on any atom is 0.314 e. The molecular formula is C10H16O3.